The maximum atomic E-state index is 10.4. The van der Waals surface area contributed by atoms with Gasteiger partial charge in [0.1, 0.15) is 24.9 Å². The standard InChI is InChI=1S/C20H32N2O10/c1-13-7-14(9-21-8-13)12-30-22-3-2-5-29-20-18(27)17(26)19(15(10-24)31-20)32-16(11-25)28-6-4-23/h7-9,11,15,17-20,22-27H,2-6,10,12H2,1H3/b16-11-/t15?,17-,18?,19+,20-/m0/s1. The molecule has 0 spiro atoms. The third-order valence-electron chi connectivity index (χ3n) is 4.49. The number of aromatic nitrogens is 1. The molecule has 0 amide bonds. The van der Waals surface area contributed by atoms with E-state index in [-0.39, 0.29) is 19.8 Å². The zero-order chi connectivity index (χ0) is 23.3. The number of aliphatic hydroxyl groups is 5. The second-order valence-electron chi connectivity index (χ2n) is 7.09. The third-order valence-corrected chi connectivity index (χ3v) is 4.49. The van der Waals surface area contributed by atoms with E-state index in [0.29, 0.717) is 25.8 Å². The van der Waals surface area contributed by atoms with Gasteiger partial charge in [0.15, 0.2) is 18.7 Å². The van der Waals surface area contributed by atoms with Crippen molar-refractivity contribution in [1.82, 2.24) is 10.5 Å². The Morgan fingerprint density at radius 3 is 2.72 bits per heavy atom. The van der Waals surface area contributed by atoms with Gasteiger partial charge in [0.2, 0.25) is 0 Å². The zero-order valence-electron chi connectivity index (χ0n) is 17.9. The number of nitrogens with one attached hydrogen (secondary N) is 1. The monoisotopic (exact) mass is 460 g/mol. The number of hydrogen-bond donors (Lipinski definition) is 6. The average molecular weight is 460 g/mol. The Morgan fingerprint density at radius 2 is 2.03 bits per heavy atom. The molecule has 32 heavy (non-hydrogen) atoms. The largest absolute Gasteiger partial charge is 0.508 e. The Labute approximate surface area is 185 Å². The van der Waals surface area contributed by atoms with Gasteiger partial charge >= 0.3 is 5.95 Å². The van der Waals surface area contributed by atoms with Crippen LogP contribution in [0.4, 0.5) is 0 Å². The quantitative estimate of drug-likeness (QED) is 0.114. The van der Waals surface area contributed by atoms with Crippen LogP contribution < -0.4 is 5.48 Å². The fraction of sp³-hybridized carbons (Fsp3) is 0.650. The number of aryl methyl sites for hydroxylation is 1. The van der Waals surface area contributed by atoms with Crippen LogP contribution in [0.1, 0.15) is 17.5 Å². The van der Waals surface area contributed by atoms with Crippen LogP contribution >= 0.6 is 0 Å². The van der Waals surface area contributed by atoms with Crippen LogP contribution in [0, 0.1) is 6.92 Å². The highest BCUT2D eigenvalue weighted by molar-refractivity contribution is 5.15. The molecule has 5 atom stereocenters. The van der Waals surface area contributed by atoms with Crippen LogP contribution in [0.15, 0.2) is 30.7 Å². The number of hydroxylamine groups is 1. The highest BCUT2D eigenvalue weighted by Gasteiger charge is 2.46. The SMILES string of the molecule is Cc1cncc(CONCCCO[C@H]2OC(CO)[C@@H](O/C(=C\O)OCCO)[C@@H](O)C2O)c1. The molecule has 0 aromatic carbocycles. The first kappa shape index (κ1) is 26.2. The van der Waals surface area contributed by atoms with E-state index in [1.165, 1.54) is 0 Å². The maximum Gasteiger partial charge on any atom is 0.315 e. The topological polar surface area (TPSA) is 172 Å². The van der Waals surface area contributed by atoms with Crippen molar-refractivity contribution in [2.45, 2.75) is 50.7 Å². The lowest BCUT2D eigenvalue weighted by molar-refractivity contribution is -0.307. The van der Waals surface area contributed by atoms with Crippen molar-refractivity contribution >= 4 is 0 Å². The summed E-state index contributed by atoms with van der Waals surface area (Å²) in [6.45, 7) is 1.93. The van der Waals surface area contributed by atoms with E-state index in [2.05, 4.69) is 10.5 Å². The summed E-state index contributed by atoms with van der Waals surface area (Å²) >= 11 is 0. The van der Waals surface area contributed by atoms with Gasteiger partial charge in [-0.15, -0.1) is 0 Å². The Hall–Kier alpha value is -2.03. The van der Waals surface area contributed by atoms with E-state index < -0.39 is 43.3 Å². The summed E-state index contributed by atoms with van der Waals surface area (Å²) in [6, 6.07) is 1.97. The van der Waals surface area contributed by atoms with Crippen molar-refractivity contribution in [2.75, 3.05) is 33.0 Å². The number of rotatable bonds is 14. The van der Waals surface area contributed by atoms with Crippen molar-refractivity contribution in [1.29, 1.82) is 0 Å². The van der Waals surface area contributed by atoms with Crippen molar-refractivity contribution in [3.8, 4) is 0 Å². The smallest absolute Gasteiger partial charge is 0.315 e. The summed E-state index contributed by atoms with van der Waals surface area (Å²) in [5.74, 6) is -0.399. The molecular formula is C20H32N2O10. The number of hydrogen-bond acceptors (Lipinski definition) is 12. The first-order valence-electron chi connectivity index (χ1n) is 10.2. The predicted molar refractivity (Wildman–Crippen MR) is 109 cm³/mol. The van der Waals surface area contributed by atoms with Crippen LogP contribution in [-0.4, -0.2) is 94.2 Å². The van der Waals surface area contributed by atoms with Gasteiger partial charge in [0.25, 0.3) is 0 Å². The molecule has 1 aliphatic rings. The normalized spacial score (nSPS) is 26.2. The first-order chi connectivity index (χ1) is 15.5. The molecule has 6 N–H and O–H groups in total. The van der Waals surface area contributed by atoms with E-state index in [1.54, 1.807) is 12.4 Å². The van der Waals surface area contributed by atoms with Gasteiger partial charge in [-0.1, -0.05) is 6.07 Å². The molecule has 0 aliphatic carbocycles. The zero-order valence-corrected chi connectivity index (χ0v) is 17.9. The molecule has 1 aromatic rings. The second kappa shape index (κ2) is 14.2. The number of pyridine rings is 1. The number of aliphatic hydroxyl groups excluding tert-OH is 5. The fourth-order valence-corrected chi connectivity index (χ4v) is 2.96. The number of ether oxygens (including phenoxy) is 4. The fourth-order valence-electron chi connectivity index (χ4n) is 2.96. The number of nitrogens with zero attached hydrogens (tertiary/aromatic N) is 1. The van der Waals surface area contributed by atoms with E-state index >= 15 is 0 Å². The summed E-state index contributed by atoms with van der Waals surface area (Å²) in [7, 11) is 0. The molecule has 1 aromatic heterocycles. The third kappa shape index (κ3) is 8.15. The minimum absolute atomic E-state index is 0.159. The van der Waals surface area contributed by atoms with Crippen molar-refractivity contribution < 1.29 is 49.3 Å². The molecule has 1 fully saturated rings. The molecule has 12 nitrogen and oxygen atoms in total. The van der Waals surface area contributed by atoms with Gasteiger partial charge in [0.05, 0.1) is 26.4 Å². The van der Waals surface area contributed by atoms with Crippen LogP contribution in [0.2, 0.25) is 0 Å². The van der Waals surface area contributed by atoms with Gasteiger partial charge < -0.3 is 44.5 Å². The minimum atomic E-state index is -1.50. The molecule has 2 heterocycles. The summed E-state index contributed by atoms with van der Waals surface area (Å²) in [4.78, 5) is 9.44. The molecule has 0 radical (unpaired) electrons. The lowest BCUT2D eigenvalue weighted by Gasteiger charge is -2.41. The lowest BCUT2D eigenvalue weighted by Crippen LogP contribution is -2.60. The highest BCUT2D eigenvalue weighted by atomic mass is 16.7. The summed E-state index contributed by atoms with van der Waals surface area (Å²) in [6.07, 6.45) is -1.97. The summed E-state index contributed by atoms with van der Waals surface area (Å²) < 4.78 is 21.2. The first-order valence-corrected chi connectivity index (χ1v) is 10.2. The van der Waals surface area contributed by atoms with E-state index in [9.17, 15) is 15.3 Å². The molecule has 182 valence electrons. The van der Waals surface area contributed by atoms with Crippen LogP contribution in [0.25, 0.3) is 0 Å². The molecule has 2 rings (SSSR count). The highest BCUT2D eigenvalue weighted by Crippen LogP contribution is 2.26. The van der Waals surface area contributed by atoms with Gasteiger partial charge in [0, 0.05) is 18.9 Å². The van der Waals surface area contributed by atoms with Crippen LogP contribution in [-0.2, 0) is 30.4 Å². The predicted octanol–water partition coefficient (Wildman–Crippen LogP) is -0.992. The van der Waals surface area contributed by atoms with Gasteiger partial charge in [-0.25, -0.2) is 5.48 Å². The van der Waals surface area contributed by atoms with Gasteiger partial charge in [-0.2, -0.15) is 0 Å². The van der Waals surface area contributed by atoms with E-state index in [4.69, 9.17) is 34.0 Å². The Morgan fingerprint density at radius 1 is 1.22 bits per heavy atom. The average Bonchev–Trinajstić information content (AvgIpc) is 2.79. The molecule has 0 saturated carbocycles. The Balaban J connectivity index is 1.71. The second-order valence-corrected chi connectivity index (χ2v) is 7.09. The molecule has 1 aliphatic heterocycles. The molecule has 12 heteroatoms. The van der Waals surface area contributed by atoms with E-state index in [1.807, 2.05) is 13.0 Å². The molecule has 1 saturated heterocycles. The lowest BCUT2D eigenvalue weighted by atomic mass is 9.99. The van der Waals surface area contributed by atoms with Crippen molar-refractivity contribution in [3.05, 3.63) is 41.8 Å². The summed E-state index contributed by atoms with van der Waals surface area (Å²) in [5.41, 5.74) is 4.78. The minimum Gasteiger partial charge on any atom is -0.508 e. The molecular weight excluding hydrogens is 428 g/mol. The van der Waals surface area contributed by atoms with Crippen molar-refractivity contribution in [3.63, 3.8) is 0 Å². The Kier molecular flexibility index (Phi) is 11.6. The molecule has 2 unspecified atom stereocenters. The van der Waals surface area contributed by atoms with E-state index in [0.717, 1.165) is 11.1 Å². The molecule has 0 bridgehead atoms. The van der Waals surface area contributed by atoms with Crippen LogP contribution in [0.5, 0.6) is 0 Å². The maximum absolute atomic E-state index is 10.4. The van der Waals surface area contributed by atoms with Crippen molar-refractivity contribution in [2.24, 2.45) is 0 Å². The van der Waals surface area contributed by atoms with Gasteiger partial charge in [-0.05, 0) is 24.5 Å². The Bertz CT molecular complexity index is 690. The summed E-state index contributed by atoms with van der Waals surface area (Å²) in [5, 5.41) is 48.2. The van der Waals surface area contributed by atoms with Crippen LogP contribution in [0.3, 0.4) is 0 Å². The van der Waals surface area contributed by atoms with Gasteiger partial charge in [-0.3, -0.25) is 9.82 Å².